The van der Waals surface area contributed by atoms with E-state index in [4.69, 9.17) is 0 Å². The summed E-state index contributed by atoms with van der Waals surface area (Å²) in [6.07, 6.45) is 6.72. The van der Waals surface area contributed by atoms with Gasteiger partial charge in [-0.15, -0.1) is 0 Å². The van der Waals surface area contributed by atoms with Gasteiger partial charge in [-0.1, -0.05) is 0 Å². The summed E-state index contributed by atoms with van der Waals surface area (Å²) in [5, 5.41) is 9.88. The Hall–Kier alpha value is -2.84. The van der Waals surface area contributed by atoms with Crippen molar-refractivity contribution in [3.63, 3.8) is 0 Å². The van der Waals surface area contributed by atoms with Crippen LogP contribution in [0.1, 0.15) is 18.5 Å². The number of urea groups is 1. The van der Waals surface area contributed by atoms with Gasteiger partial charge in [-0.05, 0) is 18.9 Å². The average Bonchev–Trinajstić information content (AvgIpc) is 3.01. The minimum Gasteiger partial charge on any atom is -0.350 e. The van der Waals surface area contributed by atoms with E-state index in [1.807, 2.05) is 18.0 Å². The van der Waals surface area contributed by atoms with Gasteiger partial charge in [-0.2, -0.15) is 5.10 Å². The molecule has 2 amide bonds. The van der Waals surface area contributed by atoms with E-state index in [0.29, 0.717) is 18.9 Å². The number of piperidine rings is 1. The second-order valence-corrected chi connectivity index (χ2v) is 6.23. The second-order valence-electron chi connectivity index (χ2n) is 6.23. The van der Waals surface area contributed by atoms with Gasteiger partial charge in [0.2, 0.25) is 0 Å². The number of nitrogens with zero attached hydrogens (tertiary/aromatic N) is 5. The molecule has 3 heterocycles. The smallest absolute Gasteiger partial charge is 0.315 e. The van der Waals surface area contributed by atoms with E-state index in [-0.39, 0.29) is 17.6 Å². The number of nitrogens with one attached hydrogen (secondary N) is 2. The maximum Gasteiger partial charge on any atom is 0.315 e. The third kappa shape index (κ3) is 3.98. The predicted molar refractivity (Wildman–Crippen MR) is 93.3 cm³/mol. The molecule has 2 aromatic heterocycles. The molecule has 1 atom stereocenters. The molecule has 0 bridgehead atoms. The van der Waals surface area contributed by atoms with Crippen LogP contribution < -0.4 is 21.1 Å². The van der Waals surface area contributed by atoms with E-state index in [1.54, 1.807) is 30.3 Å². The van der Waals surface area contributed by atoms with Crippen LogP contribution in [0.3, 0.4) is 0 Å². The molecule has 1 unspecified atom stereocenters. The van der Waals surface area contributed by atoms with Crippen molar-refractivity contribution >= 4 is 11.8 Å². The zero-order valence-electron chi connectivity index (χ0n) is 14.5. The van der Waals surface area contributed by atoms with Crippen molar-refractivity contribution in [2.75, 3.05) is 18.0 Å². The highest BCUT2D eigenvalue weighted by atomic mass is 16.2. The number of aryl methyl sites for hydroxylation is 2. The average molecular weight is 345 g/mol. The van der Waals surface area contributed by atoms with Crippen molar-refractivity contribution in [1.29, 1.82) is 0 Å². The number of hydrogen-bond acceptors (Lipinski definition) is 5. The van der Waals surface area contributed by atoms with Crippen molar-refractivity contribution in [3.8, 4) is 0 Å². The molecule has 3 rings (SSSR count). The first-order valence-corrected chi connectivity index (χ1v) is 8.32. The molecule has 134 valence electrons. The highest BCUT2D eigenvalue weighted by Crippen LogP contribution is 2.14. The largest absolute Gasteiger partial charge is 0.350 e. The van der Waals surface area contributed by atoms with Gasteiger partial charge in [-0.25, -0.2) is 9.78 Å². The first-order valence-electron chi connectivity index (χ1n) is 8.32. The second kappa shape index (κ2) is 7.37. The summed E-state index contributed by atoms with van der Waals surface area (Å²) in [6.45, 7) is 1.76. The van der Waals surface area contributed by atoms with Crippen LogP contribution in [-0.4, -0.2) is 44.5 Å². The van der Waals surface area contributed by atoms with Gasteiger partial charge in [0, 0.05) is 51.8 Å². The topological polar surface area (TPSA) is 97.1 Å². The summed E-state index contributed by atoms with van der Waals surface area (Å²) in [4.78, 5) is 30.5. The van der Waals surface area contributed by atoms with E-state index >= 15 is 0 Å². The molecule has 0 aromatic carbocycles. The molecule has 1 fully saturated rings. The fourth-order valence-corrected chi connectivity index (χ4v) is 2.97. The number of carbonyl (C=O) groups excluding carboxylic acids is 1. The van der Waals surface area contributed by atoms with E-state index in [1.165, 1.54) is 4.57 Å². The number of aromatic nitrogens is 4. The Morgan fingerprint density at radius 1 is 1.36 bits per heavy atom. The van der Waals surface area contributed by atoms with Crippen molar-refractivity contribution in [2.45, 2.75) is 25.4 Å². The monoisotopic (exact) mass is 345 g/mol. The van der Waals surface area contributed by atoms with Crippen LogP contribution in [0.2, 0.25) is 0 Å². The van der Waals surface area contributed by atoms with Gasteiger partial charge in [0.25, 0.3) is 5.56 Å². The zero-order valence-corrected chi connectivity index (χ0v) is 14.5. The highest BCUT2D eigenvalue weighted by molar-refractivity contribution is 5.74. The maximum atomic E-state index is 12.2. The summed E-state index contributed by atoms with van der Waals surface area (Å²) in [5.74, 6) is 0.437. The predicted octanol–water partition coefficient (Wildman–Crippen LogP) is -0.0180. The zero-order chi connectivity index (χ0) is 17.8. The molecule has 9 heteroatoms. The number of amides is 2. The quantitative estimate of drug-likeness (QED) is 0.812. The Morgan fingerprint density at radius 3 is 2.96 bits per heavy atom. The van der Waals surface area contributed by atoms with E-state index in [9.17, 15) is 9.59 Å². The molecule has 1 aliphatic rings. The lowest BCUT2D eigenvalue weighted by atomic mass is 10.1. The lowest BCUT2D eigenvalue weighted by molar-refractivity contribution is 0.234. The minimum absolute atomic E-state index is 0.0213. The molecular formula is C16H23N7O2. The Labute approximate surface area is 145 Å². The SMILES string of the molecule is Cn1nccc1CNC(=O)NC1CCCN(c2nccn(C)c2=O)C1. The molecule has 2 aromatic rings. The first-order chi connectivity index (χ1) is 12.0. The van der Waals surface area contributed by atoms with Crippen molar-refractivity contribution in [3.05, 3.63) is 40.7 Å². The lowest BCUT2D eigenvalue weighted by Gasteiger charge is -2.33. The summed E-state index contributed by atoms with van der Waals surface area (Å²) in [6, 6.07) is 1.62. The Balaban J connectivity index is 1.56. The van der Waals surface area contributed by atoms with Gasteiger partial charge in [-0.3, -0.25) is 9.48 Å². The summed E-state index contributed by atoms with van der Waals surface area (Å²) in [7, 11) is 3.54. The molecule has 9 nitrogen and oxygen atoms in total. The van der Waals surface area contributed by atoms with Crippen LogP contribution in [0.4, 0.5) is 10.6 Å². The first kappa shape index (κ1) is 17.0. The van der Waals surface area contributed by atoms with Crippen LogP contribution in [0.5, 0.6) is 0 Å². The molecule has 0 aliphatic carbocycles. The Bertz CT molecular complexity index is 798. The molecular weight excluding hydrogens is 322 g/mol. The van der Waals surface area contributed by atoms with Crippen LogP contribution in [0, 0.1) is 0 Å². The van der Waals surface area contributed by atoms with E-state index in [0.717, 1.165) is 25.1 Å². The van der Waals surface area contributed by atoms with Crippen LogP contribution in [-0.2, 0) is 20.6 Å². The Kier molecular flexibility index (Phi) is 5.01. The van der Waals surface area contributed by atoms with E-state index < -0.39 is 0 Å². The number of rotatable bonds is 4. The van der Waals surface area contributed by atoms with Gasteiger partial charge in [0.1, 0.15) is 0 Å². The van der Waals surface area contributed by atoms with Crippen molar-refractivity contribution in [2.24, 2.45) is 14.1 Å². The number of anilines is 1. The summed E-state index contributed by atoms with van der Waals surface area (Å²) >= 11 is 0. The van der Waals surface area contributed by atoms with Gasteiger partial charge < -0.3 is 20.1 Å². The number of hydrogen-bond donors (Lipinski definition) is 2. The van der Waals surface area contributed by atoms with Crippen LogP contribution in [0.25, 0.3) is 0 Å². The minimum atomic E-state index is -0.220. The third-order valence-corrected chi connectivity index (χ3v) is 4.41. The van der Waals surface area contributed by atoms with Crippen LogP contribution >= 0.6 is 0 Å². The van der Waals surface area contributed by atoms with E-state index in [2.05, 4.69) is 20.7 Å². The normalized spacial score (nSPS) is 17.4. The molecule has 25 heavy (non-hydrogen) atoms. The van der Waals surface area contributed by atoms with Gasteiger partial charge in [0.15, 0.2) is 5.82 Å². The lowest BCUT2D eigenvalue weighted by Crippen LogP contribution is -2.51. The summed E-state index contributed by atoms with van der Waals surface area (Å²) < 4.78 is 3.24. The van der Waals surface area contributed by atoms with Crippen LogP contribution in [0.15, 0.2) is 29.5 Å². The maximum absolute atomic E-state index is 12.2. The molecule has 2 N–H and O–H groups in total. The van der Waals surface area contributed by atoms with Gasteiger partial charge in [0.05, 0.1) is 12.2 Å². The van der Waals surface area contributed by atoms with Gasteiger partial charge >= 0.3 is 6.03 Å². The van der Waals surface area contributed by atoms with Crippen molar-refractivity contribution in [1.82, 2.24) is 30.0 Å². The highest BCUT2D eigenvalue weighted by Gasteiger charge is 2.24. The number of carbonyl (C=O) groups is 1. The fraction of sp³-hybridized carbons (Fsp3) is 0.500. The molecule has 0 saturated carbocycles. The third-order valence-electron chi connectivity index (χ3n) is 4.41. The Morgan fingerprint density at radius 2 is 2.20 bits per heavy atom. The standard InChI is InChI=1S/C16H23N7O2/c1-21-9-7-17-14(15(21)24)23-8-3-4-12(11-23)20-16(25)18-10-13-5-6-19-22(13)2/h5-7,9,12H,3-4,8,10-11H2,1-2H3,(H2,18,20,25). The molecule has 1 saturated heterocycles. The van der Waals surface area contributed by atoms with Crippen molar-refractivity contribution < 1.29 is 4.79 Å². The molecule has 0 spiro atoms. The molecule has 1 aliphatic heterocycles. The fourth-order valence-electron chi connectivity index (χ4n) is 2.97. The summed E-state index contributed by atoms with van der Waals surface area (Å²) in [5.41, 5.74) is 0.807. The molecule has 0 radical (unpaired) electrons.